The predicted octanol–water partition coefficient (Wildman–Crippen LogP) is 5.04. The molecule has 1 aliphatic rings. The van der Waals surface area contributed by atoms with Crippen molar-refractivity contribution in [1.29, 1.82) is 0 Å². The molecule has 0 atom stereocenters. The van der Waals surface area contributed by atoms with Crippen molar-refractivity contribution in [1.82, 2.24) is 30.0 Å². The van der Waals surface area contributed by atoms with Crippen molar-refractivity contribution in [2.75, 3.05) is 31.5 Å². The summed E-state index contributed by atoms with van der Waals surface area (Å²) in [5, 5.41) is 12.9. The first kappa shape index (κ1) is 25.6. The zero-order valence-electron chi connectivity index (χ0n) is 21.3. The van der Waals surface area contributed by atoms with Crippen LogP contribution in [0.4, 0.5) is 10.6 Å². The Kier molecular flexibility index (Phi) is 8.08. The quantitative estimate of drug-likeness (QED) is 0.332. The molecule has 0 bridgehead atoms. The average Bonchev–Trinajstić information content (AvgIpc) is 3.65. The average molecular weight is 530 g/mol. The van der Waals surface area contributed by atoms with Gasteiger partial charge in [-0.2, -0.15) is 5.10 Å². The molecule has 196 valence electrons. The van der Waals surface area contributed by atoms with Gasteiger partial charge in [-0.3, -0.25) is 20.2 Å². The number of nitrogens with zero attached hydrogens (tertiary/aromatic N) is 5. The van der Waals surface area contributed by atoms with E-state index in [1.165, 1.54) is 11.3 Å². The van der Waals surface area contributed by atoms with E-state index in [1.54, 1.807) is 6.20 Å². The van der Waals surface area contributed by atoms with E-state index >= 15 is 0 Å². The van der Waals surface area contributed by atoms with E-state index in [1.807, 2.05) is 76.7 Å². The van der Waals surface area contributed by atoms with E-state index in [0.717, 1.165) is 34.8 Å². The Balaban J connectivity index is 1.12. The van der Waals surface area contributed by atoms with Crippen LogP contribution in [-0.2, 0) is 6.42 Å². The number of pyridine rings is 1. The smallest absolute Gasteiger partial charge is 0.323 e. The number of hydrogen-bond acceptors (Lipinski definition) is 6. The molecule has 4 heterocycles. The summed E-state index contributed by atoms with van der Waals surface area (Å²) in [5.41, 5.74) is 3.34. The lowest BCUT2D eigenvalue weighted by Crippen LogP contribution is -2.40. The standard InChI is InChI=1S/C28H31N7O2S/c1-2-34(17-13-22-10-6-7-14-29-22)27(36)24-19-38-26(30-24)21-11-15-35(16-12-21)28(37)31-25-18-23(32-33-25)20-8-4-3-5-9-20/h3-10,14,18-19,21H,2,11-13,15-17H2,1H3,(H2,31,32,33,37). The molecule has 10 heteroatoms. The third kappa shape index (κ3) is 6.08. The number of aromatic amines is 1. The minimum atomic E-state index is -0.156. The molecule has 1 fully saturated rings. The number of rotatable bonds is 8. The van der Waals surface area contributed by atoms with Crippen molar-refractivity contribution >= 4 is 29.1 Å². The number of urea groups is 1. The monoisotopic (exact) mass is 529 g/mol. The number of aromatic nitrogens is 4. The third-order valence-corrected chi connectivity index (χ3v) is 7.81. The number of anilines is 1. The number of hydrogen-bond donors (Lipinski definition) is 2. The van der Waals surface area contributed by atoms with E-state index < -0.39 is 0 Å². The molecular formula is C28H31N7O2S. The Hall–Kier alpha value is -4.05. The van der Waals surface area contributed by atoms with Gasteiger partial charge in [0.2, 0.25) is 0 Å². The van der Waals surface area contributed by atoms with Crippen LogP contribution in [0.3, 0.4) is 0 Å². The van der Waals surface area contributed by atoms with Crippen LogP contribution in [0.15, 0.2) is 66.2 Å². The van der Waals surface area contributed by atoms with E-state index in [9.17, 15) is 9.59 Å². The van der Waals surface area contributed by atoms with Crippen molar-refractivity contribution in [2.24, 2.45) is 0 Å². The molecule has 5 rings (SSSR count). The molecular weight excluding hydrogens is 498 g/mol. The van der Waals surface area contributed by atoms with Crippen molar-refractivity contribution < 1.29 is 9.59 Å². The van der Waals surface area contributed by atoms with Gasteiger partial charge >= 0.3 is 6.03 Å². The molecule has 38 heavy (non-hydrogen) atoms. The largest absolute Gasteiger partial charge is 0.337 e. The van der Waals surface area contributed by atoms with E-state index in [2.05, 4.69) is 20.5 Å². The normalized spacial score (nSPS) is 13.9. The Morgan fingerprint density at radius 3 is 2.66 bits per heavy atom. The summed E-state index contributed by atoms with van der Waals surface area (Å²) in [6, 6.07) is 17.4. The first-order chi connectivity index (χ1) is 18.6. The summed E-state index contributed by atoms with van der Waals surface area (Å²) in [5.74, 6) is 0.698. The SMILES string of the molecule is CCN(CCc1ccccn1)C(=O)c1csc(C2CCN(C(=O)Nc3cc(-c4ccccc4)[nH]n3)CC2)n1. The summed E-state index contributed by atoms with van der Waals surface area (Å²) in [4.78, 5) is 38.6. The van der Waals surface area contributed by atoms with Crippen molar-refractivity contribution in [3.05, 3.63) is 82.6 Å². The van der Waals surface area contributed by atoms with Crippen LogP contribution in [-0.4, -0.2) is 68.1 Å². The second kappa shape index (κ2) is 12.0. The maximum Gasteiger partial charge on any atom is 0.323 e. The zero-order chi connectivity index (χ0) is 26.3. The predicted molar refractivity (Wildman–Crippen MR) is 148 cm³/mol. The molecule has 0 aliphatic carbocycles. The Morgan fingerprint density at radius 1 is 1.13 bits per heavy atom. The number of amides is 3. The molecule has 0 radical (unpaired) electrons. The molecule has 3 aromatic heterocycles. The van der Waals surface area contributed by atoms with E-state index in [4.69, 9.17) is 4.98 Å². The summed E-state index contributed by atoms with van der Waals surface area (Å²) >= 11 is 1.54. The van der Waals surface area contributed by atoms with Gasteiger partial charge in [0.15, 0.2) is 5.82 Å². The van der Waals surface area contributed by atoms with Gasteiger partial charge in [-0.05, 0) is 37.5 Å². The van der Waals surface area contributed by atoms with Crippen molar-refractivity contribution in [3.8, 4) is 11.3 Å². The van der Waals surface area contributed by atoms with Crippen molar-refractivity contribution in [3.63, 3.8) is 0 Å². The van der Waals surface area contributed by atoms with Gasteiger partial charge in [0, 0.05) is 61.9 Å². The molecule has 0 spiro atoms. The number of carbonyl (C=O) groups is 2. The highest BCUT2D eigenvalue weighted by Gasteiger charge is 2.27. The van der Waals surface area contributed by atoms with Gasteiger partial charge in [-0.1, -0.05) is 36.4 Å². The van der Waals surface area contributed by atoms with Crippen LogP contribution >= 0.6 is 11.3 Å². The Bertz CT molecular complexity index is 1350. The lowest BCUT2D eigenvalue weighted by molar-refractivity contribution is 0.0760. The number of likely N-dealkylation sites (N-methyl/N-ethyl adjacent to an activating group) is 1. The van der Waals surface area contributed by atoms with Crippen LogP contribution in [0.25, 0.3) is 11.3 Å². The Morgan fingerprint density at radius 2 is 1.92 bits per heavy atom. The number of nitrogens with one attached hydrogen (secondary N) is 2. The highest BCUT2D eigenvalue weighted by atomic mass is 32.1. The highest BCUT2D eigenvalue weighted by molar-refractivity contribution is 7.09. The van der Waals surface area contributed by atoms with Gasteiger partial charge in [-0.15, -0.1) is 11.3 Å². The maximum absolute atomic E-state index is 13.1. The highest BCUT2D eigenvalue weighted by Crippen LogP contribution is 2.31. The molecule has 2 N–H and O–H groups in total. The van der Waals surface area contributed by atoms with Gasteiger partial charge in [0.1, 0.15) is 5.69 Å². The molecule has 4 aromatic rings. The fraction of sp³-hybridized carbons (Fsp3) is 0.321. The minimum Gasteiger partial charge on any atom is -0.337 e. The summed E-state index contributed by atoms with van der Waals surface area (Å²) in [6.45, 7) is 4.46. The fourth-order valence-electron chi connectivity index (χ4n) is 4.60. The summed E-state index contributed by atoms with van der Waals surface area (Å²) in [7, 11) is 0. The molecule has 1 saturated heterocycles. The molecule has 1 aliphatic heterocycles. The maximum atomic E-state index is 13.1. The van der Waals surface area contributed by atoms with Crippen LogP contribution in [0.5, 0.6) is 0 Å². The number of H-pyrrole nitrogens is 1. The second-order valence-corrected chi connectivity index (χ2v) is 10.1. The second-order valence-electron chi connectivity index (χ2n) is 9.25. The minimum absolute atomic E-state index is 0.0448. The van der Waals surface area contributed by atoms with Crippen molar-refractivity contribution in [2.45, 2.75) is 32.1 Å². The lowest BCUT2D eigenvalue weighted by Gasteiger charge is -2.30. The molecule has 0 saturated carbocycles. The first-order valence-corrected chi connectivity index (χ1v) is 13.8. The molecule has 1 aromatic carbocycles. The number of carbonyl (C=O) groups excluding carboxylic acids is 2. The fourth-order valence-corrected chi connectivity index (χ4v) is 5.57. The summed E-state index contributed by atoms with van der Waals surface area (Å²) in [6.07, 6.45) is 4.10. The number of piperidine rings is 1. The van der Waals surface area contributed by atoms with Gasteiger partial charge in [-0.25, -0.2) is 9.78 Å². The zero-order valence-corrected chi connectivity index (χ0v) is 22.2. The third-order valence-electron chi connectivity index (χ3n) is 6.80. The molecule has 0 unspecified atom stereocenters. The lowest BCUT2D eigenvalue weighted by atomic mass is 9.98. The summed E-state index contributed by atoms with van der Waals surface area (Å²) < 4.78 is 0. The van der Waals surface area contributed by atoms with Gasteiger partial charge in [0.25, 0.3) is 5.91 Å². The van der Waals surface area contributed by atoms with Crippen LogP contribution in [0.1, 0.15) is 46.9 Å². The first-order valence-electron chi connectivity index (χ1n) is 12.9. The Labute approximate surface area is 225 Å². The molecule has 9 nitrogen and oxygen atoms in total. The number of likely N-dealkylation sites (tertiary alicyclic amines) is 1. The number of thiazole rings is 1. The topological polar surface area (TPSA) is 107 Å². The van der Waals surface area contributed by atoms with Crippen LogP contribution in [0.2, 0.25) is 0 Å². The van der Waals surface area contributed by atoms with E-state index in [0.29, 0.717) is 44.1 Å². The van der Waals surface area contributed by atoms with Crippen LogP contribution in [0, 0.1) is 0 Å². The van der Waals surface area contributed by atoms with Crippen LogP contribution < -0.4 is 5.32 Å². The molecule has 3 amide bonds. The van der Waals surface area contributed by atoms with Gasteiger partial charge < -0.3 is 9.80 Å². The van der Waals surface area contributed by atoms with E-state index in [-0.39, 0.29) is 17.9 Å². The number of benzene rings is 1. The van der Waals surface area contributed by atoms with Gasteiger partial charge in [0.05, 0.1) is 10.7 Å².